The molecule has 2 heterocycles. The third-order valence-electron chi connectivity index (χ3n) is 4.63. The standard InChI is InChI=1S/C18H32N6O/c1-5-15-14(16(6-2)23(4)22-15)12-20-18(19-7-3)21-13-17(25)24-10-8-9-11-24/h5-13H2,1-4H3,(H2,19,20,21). The summed E-state index contributed by atoms with van der Waals surface area (Å²) in [7, 11) is 1.99. The molecule has 1 saturated heterocycles. The molecule has 1 aliphatic heterocycles. The SMILES string of the molecule is CCNC(=NCc1c(CC)nn(C)c1CC)NCC(=O)N1CCCC1. The van der Waals surface area contributed by atoms with Crippen LogP contribution >= 0.6 is 0 Å². The van der Waals surface area contributed by atoms with Crippen molar-refractivity contribution in [3.63, 3.8) is 0 Å². The average Bonchev–Trinajstić information content (AvgIpc) is 3.24. The van der Waals surface area contributed by atoms with Gasteiger partial charge in [0.05, 0.1) is 18.8 Å². The van der Waals surface area contributed by atoms with Gasteiger partial charge in [-0.3, -0.25) is 9.48 Å². The van der Waals surface area contributed by atoms with Crippen LogP contribution in [-0.4, -0.2) is 52.7 Å². The van der Waals surface area contributed by atoms with Gasteiger partial charge in [0.2, 0.25) is 5.91 Å². The van der Waals surface area contributed by atoms with E-state index in [2.05, 4.69) is 34.6 Å². The number of aliphatic imine (C=N–C) groups is 1. The van der Waals surface area contributed by atoms with E-state index in [1.165, 1.54) is 11.3 Å². The summed E-state index contributed by atoms with van der Waals surface area (Å²) in [6, 6.07) is 0. The Morgan fingerprint density at radius 3 is 2.48 bits per heavy atom. The molecule has 0 radical (unpaired) electrons. The summed E-state index contributed by atoms with van der Waals surface area (Å²) in [5, 5.41) is 11.0. The van der Waals surface area contributed by atoms with E-state index in [1.54, 1.807) is 0 Å². The summed E-state index contributed by atoms with van der Waals surface area (Å²) < 4.78 is 1.96. The number of likely N-dealkylation sites (tertiary alicyclic amines) is 1. The molecule has 1 aromatic rings. The molecule has 0 spiro atoms. The number of hydrogen-bond acceptors (Lipinski definition) is 3. The molecule has 1 fully saturated rings. The molecule has 2 rings (SSSR count). The van der Waals surface area contributed by atoms with E-state index in [0.717, 1.165) is 51.0 Å². The second kappa shape index (κ2) is 9.44. The molecule has 1 aromatic heterocycles. The van der Waals surface area contributed by atoms with E-state index in [9.17, 15) is 4.79 Å². The fourth-order valence-electron chi connectivity index (χ4n) is 3.31. The monoisotopic (exact) mass is 348 g/mol. The normalized spacial score (nSPS) is 14.9. The molecule has 2 N–H and O–H groups in total. The zero-order valence-corrected chi connectivity index (χ0v) is 16.1. The van der Waals surface area contributed by atoms with Gasteiger partial charge >= 0.3 is 0 Å². The molecule has 140 valence electrons. The zero-order valence-electron chi connectivity index (χ0n) is 16.1. The van der Waals surface area contributed by atoms with Crippen molar-refractivity contribution in [2.24, 2.45) is 12.0 Å². The number of carbonyl (C=O) groups is 1. The van der Waals surface area contributed by atoms with Crippen molar-refractivity contribution in [2.75, 3.05) is 26.2 Å². The Bertz CT molecular complexity index is 601. The number of rotatable bonds is 7. The number of hydrogen-bond donors (Lipinski definition) is 2. The van der Waals surface area contributed by atoms with Crippen molar-refractivity contribution < 1.29 is 4.79 Å². The van der Waals surface area contributed by atoms with Gasteiger partial charge in [0, 0.05) is 37.9 Å². The van der Waals surface area contributed by atoms with Gasteiger partial charge in [-0.15, -0.1) is 0 Å². The summed E-state index contributed by atoms with van der Waals surface area (Å²) in [5.74, 6) is 0.830. The van der Waals surface area contributed by atoms with Crippen molar-refractivity contribution in [3.05, 3.63) is 17.0 Å². The highest BCUT2D eigenvalue weighted by Crippen LogP contribution is 2.16. The summed E-state index contributed by atoms with van der Waals surface area (Å²) in [6.07, 6.45) is 4.06. The summed E-state index contributed by atoms with van der Waals surface area (Å²) in [4.78, 5) is 18.8. The van der Waals surface area contributed by atoms with Crippen LogP contribution in [0, 0.1) is 0 Å². The molecule has 7 nitrogen and oxygen atoms in total. The molecule has 0 saturated carbocycles. The van der Waals surface area contributed by atoms with Gasteiger partial charge in [-0.2, -0.15) is 5.10 Å². The highest BCUT2D eigenvalue weighted by molar-refractivity contribution is 5.86. The Hall–Kier alpha value is -2.05. The van der Waals surface area contributed by atoms with E-state index in [4.69, 9.17) is 0 Å². The van der Waals surface area contributed by atoms with E-state index in [0.29, 0.717) is 19.0 Å². The van der Waals surface area contributed by atoms with E-state index in [1.807, 2.05) is 23.6 Å². The zero-order chi connectivity index (χ0) is 18.2. The fourth-order valence-corrected chi connectivity index (χ4v) is 3.31. The maximum atomic E-state index is 12.2. The number of amides is 1. The van der Waals surface area contributed by atoms with Gasteiger partial charge in [-0.05, 0) is 32.6 Å². The van der Waals surface area contributed by atoms with Gasteiger partial charge in [0.1, 0.15) is 0 Å². The Morgan fingerprint density at radius 2 is 1.88 bits per heavy atom. The Balaban J connectivity index is 2.03. The minimum Gasteiger partial charge on any atom is -0.357 e. The van der Waals surface area contributed by atoms with Crippen molar-refractivity contribution in [1.29, 1.82) is 0 Å². The van der Waals surface area contributed by atoms with E-state index in [-0.39, 0.29) is 5.91 Å². The third-order valence-corrected chi connectivity index (χ3v) is 4.63. The third kappa shape index (κ3) is 4.96. The van der Waals surface area contributed by atoms with Gasteiger partial charge in [0.15, 0.2) is 5.96 Å². The Labute approximate surface area is 150 Å². The van der Waals surface area contributed by atoms with Crippen molar-refractivity contribution in [1.82, 2.24) is 25.3 Å². The first-order chi connectivity index (χ1) is 12.1. The van der Waals surface area contributed by atoms with Crippen LogP contribution in [0.1, 0.15) is 50.6 Å². The Kier molecular flexibility index (Phi) is 7.28. The largest absolute Gasteiger partial charge is 0.357 e. The number of nitrogens with one attached hydrogen (secondary N) is 2. The van der Waals surface area contributed by atoms with Crippen molar-refractivity contribution in [2.45, 2.75) is 53.0 Å². The molecule has 1 aliphatic rings. The second-order valence-corrected chi connectivity index (χ2v) is 6.34. The number of aryl methyl sites for hydroxylation is 2. The van der Waals surface area contributed by atoms with Gasteiger partial charge in [-0.1, -0.05) is 13.8 Å². The van der Waals surface area contributed by atoms with Gasteiger partial charge < -0.3 is 15.5 Å². The van der Waals surface area contributed by atoms with Gasteiger partial charge in [0.25, 0.3) is 0 Å². The highest BCUT2D eigenvalue weighted by Gasteiger charge is 2.18. The first-order valence-corrected chi connectivity index (χ1v) is 9.44. The first kappa shape index (κ1) is 19.3. The Morgan fingerprint density at radius 1 is 1.16 bits per heavy atom. The topological polar surface area (TPSA) is 74.5 Å². The number of guanidine groups is 1. The molecule has 0 aromatic carbocycles. The minimum absolute atomic E-state index is 0.146. The lowest BCUT2D eigenvalue weighted by molar-refractivity contribution is -0.128. The van der Waals surface area contributed by atoms with Crippen LogP contribution in [0.4, 0.5) is 0 Å². The predicted octanol–water partition coefficient (Wildman–Crippen LogP) is 1.22. The van der Waals surface area contributed by atoms with Crippen molar-refractivity contribution in [3.8, 4) is 0 Å². The molecule has 0 atom stereocenters. The predicted molar refractivity (Wildman–Crippen MR) is 101 cm³/mol. The molecule has 1 amide bonds. The van der Waals surface area contributed by atoms with Crippen molar-refractivity contribution >= 4 is 11.9 Å². The van der Waals surface area contributed by atoms with E-state index < -0.39 is 0 Å². The summed E-state index contributed by atoms with van der Waals surface area (Å²) in [5.41, 5.74) is 3.53. The second-order valence-electron chi connectivity index (χ2n) is 6.34. The van der Waals surface area contributed by atoms with Crippen LogP contribution in [0.2, 0.25) is 0 Å². The number of carbonyl (C=O) groups excluding carboxylic acids is 1. The first-order valence-electron chi connectivity index (χ1n) is 9.44. The molecule has 0 bridgehead atoms. The number of aromatic nitrogens is 2. The molecule has 0 unspecified atom stereocenters. The number of nitrogens with zero attached hydrogens (tertiary/aromatic N) is 4. The lowest BCUT2D eigenvalue weighted by Crippen LogP contribution is -2.44. The van der Waals surface area contributed by atoms with Crippen LogP contribution in [0.15, 0.2) is 4.99 Å². The maximum absolute atomic E-state index is 12.2. The van der Waals surface area contributed by atoms with Gasteiger partial charge in [-0.25, -0.2) is 4.99 Å². The smallest absolute Gasteiger partial charge is 0.241 e. The highest BCUT2D eigenvalue weighted by atomic mass is 16.2. The maximum Gasteiger partial charge on any atom is 0.241 e. The summed E-state index contributed by atoms with van der Waals surface area (Å²) in [6.45, 7) is 9.67. The van der Waals surface area contributed by atoms with Crippen LogP contribution in [0.3, 0.4) is 0 Å². The summed E-state index contributed by atoms with van der Waals surface area (Å²) >= 11 is 0. The molecule has 0 aliphatic carbocycles. The molecular weight excluding hydrogens is 316 g/mol. The lowest BCUT2D eigenvalue weighted by atomic mass is 10.1. The fraction of sp³-hybridized carbons (Fsp3) is 0.722. The average molecular weight is 348 g/mol. The molecule has 25 heavy (non-hydrogen) atoms. The van der Waals surface area contributed by atoms with Crippen LogP contribution in [0.25, 0.3) is 0 Å². The quantitative estimate of drug-likeness (QED) is 0.574. The van der Waals surface area contributed by atoms with E-state index >= 15 is 0 Å². The van der Waals surface area contributed by atoms with Crippen LogP contribution < -0.4 is 10.6 Å². The lowest BCUT2D eigenvalue weighted by Gasteiger charge is -2.17. The van der Waals surface area contributed by atoms with Crippen LogP contribution in [-0.2, 0) is 31.2 Å². The molecule has 7 heteroatoms. The molecular formula is C18H32N6O. The minimum atomic E-state index is 0.146. The van der Waals surface area contributed by atoms with Crippen LogP contribution in [0.5, 0.6) is 0 Å².